The van der Waals surface area contributed by atoms with E-state index in [0.717, 1.165) is 0 Å². The van der Waals surface area contributed by atoms with Crippen LogP contribution in [-0.2, 0) is 9.22 Å². The van der Waals surface area contributed by atoms with Crippen LogP contribution in [0.5, 0.6) is 0 Å². The quantitative estimate of drug-likeness (QED) is 0.762. The number of hydrogen-bond acceptors (Lipinski definition) is 3. The van der Waals surface area contributed by atoms with Crippen LogP contribution in [-0.4, -0.2) is 25.5 Å². The zero-order chi connectivity index (χ0) is 13.4. The van der Waals surface area contributed by atoms with Gasteiger partial charge < -0.3 is 9.53 Å². The van der Waals surface area contributed by atoms with Crippen molar-refractivity contribution in [3.63, 3.8) is 0 Å². The third-order valence-electron chi connectivity index (χ3n) is 3.21. The molecule has 0 amide bonds. The fourth-order valence-electron chi connectivity index (χ4n) is 0.814. The van der Waals surface area contributed by atoms with Gasteiger partial charge in [-0.15, -0.1) is 0 Å². The van der Waals surface area contributed by atoms with Gasteiger partial charge in [-0.3, -0.25) is 4.79 Å². The minimum absolute atomic E-state index is 0.0275. The Morgan fingerprint density at radius 3 is 1.75 bits per heavy atom. The first-order valence-corrected chi connectivity index (χ1v) is 8.61. The minimum atomic E-state index is -2.12. The summed E-state index contributed by atoms with van der Waals surface area (Å²) in [6.45, 7) is 15.7. The topological polar surface area (TPSA) is 46.5 Å². The maximum atomic E-state index is 11.8. The molecule has 0 fully saturated rings. The van der Waals surface area contributed by atoms with Gasteiger partial charge in [0.15, 0.2) is 6.10 Å². The summed E-state index contributed by atoms with van der Waals surface area (Å²) in [5.74, 6) is -0.487. The first kappa shape index (κ1) is 15.6. The molecule has 1 atom stereocenters. The molecule has 0 aliphatic carbocycles. The molecular formula is C12H26O3Si. The van der Waals surface area contributed by atoms with Crippen LogP contribution in [0, 0.1) is 5.41 Å². The molecule has 0 radical (unpaired) electrons. The lowest BCUT2D eigenvalue weighted by molar-refractivity contribution is -0.150. The van der Waals surface area contributed by atoms with E-state index in [4.69, 9.17) is 4.43 Å². The summed E-state index contributed by atoms with van der Waals surface area (Å²) in [7, 11) is -2.12. The smallest absolute Gasteiger partial charge is 0.322 e. The maximum Gasteiger partial charge on any atom is 0.322 e. The van der Waals surface area contributed by atoms with E-state index in [0.29, 0.717) is 0 Å². The van der Waals surface area contributed by atoms with Gasteiger partial charge in [0.2, 0.25) is 0 Å². The van der Waals surface area contributed by atoms with E-state index in [2.05, 4.69) is 20.8 Å². The van der Waals surface area contributed by atoms with E-state index in [9.17, 15) is 9.90 Å². The molecule has 0 aromatic carbocycles. The van der Waals surface area contributed by atoms with Crippen molar-refractivity contribution in [1.82, 2.24) is 0 Å². The number of hydrogen-bond donors (Lipinski definition) is 1. The highest BCUT2D eigenvalue weighted by Crippen LogP contribution is 2.37. The monoisotopic (exact) mass is 246 g/mol. The predicted molar refractivity (Wildman–Crippen MR) is 68.8 cm³/mol. The predicted octanol–water partition coefficient (Wildman–Crippen LogP) is 2.94. The Hall–Kier alpha value is -0.353. The summed E-state index contributed by atoms with van der Waals surface area (Å²) >= 11 is 0. The van der Waals surface area contributed by atoms with Crippen LogP contribution in [0.25, 0.3) is 0 Å². The molecule has 0 bridgehead atoms. The van der Waals surface area contributed by atoms with Crippen LogP contribution in [0.2, 0.25) is 18.1 Å². The van der Waals surface area contributed by atoms with E-state index in [1.807, 2.05) is 33.9 Å². The molecule has 0 saturated heterocycles. The van der Waals surface area contributed by atoms with Gasteiger partial charge in [0.25, 0.3) is 8.32 Å². The molecule has 0 rings (SSSR count). The Bertz CT molecular complexity index is 258. The Kier molecular flexibility index (Phi) is 4.39. The second-order valence-electron chi connectivity index (χ2n) is 6.95. The van der Waals surface area contributed by atoms with Crippen LogP contribution in [0.15, 0.2) is 0 Å². The van der Waals surface area contributed by atoms with Crippen molar-refractivity contribution in [3.05, 3.63) is 0 Å². The van der Waals surface area contributed by atoms with E-state index >= 15 is 0 Å². The van der Waals surface area contributed by atoms with Gasteiger partial charge >= 0.3 is 5.97 Å². The van der Waals surface area contributed by atoms with Crippen LogP contribution in [0.4, 0.5) is 0 Å². The van der Waals surface area contributed by atoms with Gasteiger partial charge in [-0.1, -0.05) is 41.5 Å². The molecule has 4 heteroatoms. The molecular weight excluding hydrogens is 220 g/mol. The first-order valence-electron chi connectivity index (χ1n) is 5.70. The van der Waals surface area contributed by atoms with Crippen LogP contribution in [0.1, 0.15) is 41.5 Å². The van der Waals surface area contributed by atoms with Crippen molar-refractivity contribution in [1.29, 1.82) is 0 Å². The molecule has 16 heavy (non-hydrogen) atoms. The molecule has 0 aliphatic rings. The molecule has 0 spiro atoms. The normalized spacial score (nSPS) is 15.8. The third kappa shape index (κ3) is 3.90. The molecule has 0 aromatic rings. The summed E-state index contributed by atoms with van der Waals surface area (Å²) in [4.78, 5) is 11.8. The van der Waals surface area contributed by atoms with E-state index in [-0.39, 0.29) is 5.04 Å². The van der Waals surface area contributed by atoms with Crippen molar-refractivity contribution in [2.24, 2.45) is 5.41 Å². The van der Waals surface area contributed by atoms with Crippen molar-refractivity contribution in [3.8, 4) is 0 Å². The summed E-state index contributed by atoms with van der Waals surface area (Å²) in [6, 6.07) is 0. The summed E-state index contributed by atoms with van der Waals surface area (Å²) in [5.41, 5.74) is -0.473. The maximum absolute atomic E-state index is 11.8. The number of rotatable bonds is 2. The SMILES string of the molecule is CC(C)(C)C(O)C(=O)O[Si](C)(C)C(C)(C)C. The fraction of sp³-hybridized carbons (Fsp3) is 0.917. The lowest BCUT2D eigenvalue weighted by Gasteiger charge is -2.37. The summed E-state index contributed by atoms with van der Waals surface area (Å²) in [5, 5.41) is 9.80. The molecule has 96 valence electrons. The van der Waals surface area contributed by atoms with Crippen molar-refractivity contribution in [2.75, 3.05) is 0 Å². The number of carbonyl (C=O) groups excluding carboxylic acids is 1. The number of carbonyl (C=O) groups is 1. The molecule has 0 aliphatic heterocycles. The third-order valence-corrected chi connectivity index (χ3v) is 7.53. The standard InChI is InChI=1S/C12H26O3Si/c1-11(2,3)9(13)10(14)15-16(7,8)12(4,5)6/h9,13H,1-8H3. The minimum Gasteiger partial charge on any atom is -0.517 e. The number of aliphatic hydroxyl groups excluding tert-OH is 1. The Balaban J connectivity index is 4.71. The van der Waals surface area contributed by atoms with Crippen molar-refractivity contribution >= 4 is 14.3 Å². The first-order chi connectivity index (χ1) is 6.79. The van der Waals surface area contributed by atoms with Gasteiger partial charge in [-0.25, -0.2) is 0 Å². The van der Waals surface area contributed by atoms with E-state index in [1.165, 1.54) is 0 Å². The Labute approximate surface area is 100 Å². The van der Waals surface area contributed by atoms with Gasteiger partial charge in [0.1, 0.15) is 0 Å². The molecule has 0 heterocycles. The van der Waals surface area contributed by atoms with Crippen LogP contribution < -0.4 is 0 Å². The molecule has 0 aromatic heterocycles. The molecule has 1 N–H and O–H groups in total. The summed E-state index contributed by atoms with van der Waals surface area (Å²) < 4.78 is 5.54. The molecule has 0 saturated carbocycles. The van der Waals surface area contributed by atoms with Gasteiger partial charge in [0, 0.05) is 0 Å². The van der Waals surface area contributed by atoms with Crippen molar-refractivity contribution < 1.29 is 14.3 Å². The van der Waals surface area contributed by atoms with Crippen LogP contribution in [0.3, 0.4) is 0 Å². The average molecular weight is 246 g/mol. The van der Waals surface area contributed by atoms with Gasteiger partial charge in [0.05, 0.1) is 0 Å². The lowest BCUT2D eigenvalue weighted by Crippen LogP contribution is -2.47. The fourth-order valence-corrected chi connectivity index (χ4v) is 1.73. The van der Waals surface area contributed by atoms with Crippen LogP contribution >= 0.6 is 0 Å². The second-order valence-corrected chi connectivity index (χ2v) is 11.7. The summed E-state index contributed by atoms with van der Waals surface area (Å²) in [6.07, 6.45) is -1.05. The highest BCUT2D eigenvalue weighted by atomic mass is 28.4. The average Bonchev–Trinajstić information content (AvgIpc) is 1.97. The highest BCUT2D eigenvalue weighted by molar-refractivity contribution is 6.75. The zero-order valence-corrected chi connectivity index (χ0v) is 12.8. The lowest BCUT2D eigenvalue weighted by atomic mass is 9.89. The Morgan fingerprint density at radius 1 is 1.12 bits per heavy atom. The Morgan fingerprint density at radius 2 is 1.50 bits per heavy atom. The highest BCUT2D eigenvalue weighted by Gasteiger charge is 2.43. The second kappa shape index (κ2) is 4.49. The van der Waals surface area contributed by atoms with Gasteiger partial charge in [-0.2, -0.15) is 0 Å². The van der Waals surface area contributed by atoms with E-state index < -0.39 is 25.8 Å². The largest absolute Gasteiger partial charge is 0.517 e. The molecule has 3 nitrogen and oxygen atoms in total. The van der Waals surface area contributed by atoms with E-state index in [1.54, 1.807) is 0 Å². The van der Waals surface area contributed by atoms with Crippen molar-refractivity contribution in [2.45, 2.75) is 65.8 Å². The van der Waals surface area contributed by atoms with Gasteiger partial charge in [-0.05, 0) is 23.5 Å². The molecule has 1 unspecified atom stereocenters. The zero-order valence-electron chi connectivity index (χ0n) is 11.8. The number of aliphatic hydroxyl groups is 1.